The third-order valence-electron chi connectivity index (χ3n) is 3.91. The van der Waals surface area contributed by atoms with Crippen LogP contribution in [0.1, 0.15) is 15.9 Å². The number of halogens is 3. The second kappa shape index (κ2) is 7.07. The third-order valence-corrected chi connectivity index (χ3v) is 3.91. The van der Waals surface area contributed by atoms with Crippen molar-refractivity contribution in [2.45, 2.75) is 12.3 Å². The lowest BCUT2D eigenvalue weighted by Gasteiger charge is -2.13. The Morgan fingerprint density at radius 3 is 2.38 bits per heavy atom. The molecule has 0 bridgehead atoms. The normalized spacial score (nSPS) is 17.1. The average molecular weight is 364 g/mol. The molecule has 26 heavy (non-hydrogen) atoms. The molecular formula is C18H15F3N2O3. The number of hydrogen-bond donors (Lipinski definition) is 1. The topological polar surface area (TPSA) is 58.6 Å². The molecule has 1 fully saturated rings. The van der Waals surface area contributed by atoms with E-state index in [4.69, 9.17) is 4.74 Å². The molecule has 1 aliphatic rings. The van der Waals surface area contributed by atoms with Crippen LogP contribution in [-0.4, -0.2) is 31.2 Å². The van der Waals surface area contributed by atoms with E-state index in [1.54, 1.807) is 24.3 Å². The molecule has 136 valence electrons. The van der Waals surface area contributed by atoms with Crippen LogP contribution in [0.2, 0.25) is 0 Å². The molecule has 1 atom stereocenters. The minimum atomic E-state index is -4.45. The number of para-hydroxylation sites is 1. The molecular weight excluding hydrogens is 349 g/mol. The molecule has 1 heterocycles. The Morgan fingerprint density at radius 2 is 1.77 bits per heavy atom. The van der Waals surface area contributed by atoms with Crippen LogP contribution in [0.5, 0.6) is 0 Å². The number of benzene rings is 2. The Labute approximate surface area is 147 Å². The van der Waals surface area contributed by atoms with Crippen molar-refractivity contribution in [3.63, 3.8) is 0 Å². The number of anilines is 1. The van der Waals surface area contributed by atoms with Crippen molar-refractivity contribution >= 4 is 17.7 Å². The highest BCUT2D eigenvalue weighted by Gasteiger charge is 2.33. The molecule has 1 aliphatic heterocycles. The number of carbonyl (C=O) groups is 2. The van der Waals surface area contributed by atoms with Crippen molar-refractivity contribution in [1.82, 2.24) is 5.32 Å². The number of nitrogens with one attached hydrogen (secondary N) is 1. The predicted octanol–water partition coefficient (Wildman–Crippen LogP) is 3.46. The van der Waals surface area contributed by atoms with Gasteiger partial charge in [0.1, 0.15) is 6.10 Å². The molecule has 0 saturated carbocycles. The van der Waals surface area contributed by atoms with Gasteiger partial charge in [-0.3, -0.25) is 9.69 Å². The number of amides is 2. The van der Waals surface area contributed by atoms with Crippen molar-refractivity contribution in [2.75, 3.05) is 18.0 Å². The molecule has 2 aromatic rings. The van der Waals surface area contributed by atoms with E-state index in [0.717, 1.165) is 24.3 Å². The first-order valence-electron chi connectivity index (χ1n) is 7.83. The average Bonchev–Trinajstić information content (AvgIpc) is 3.00. The first kappa shape index (κ1) is 17.8. The summed E-state index contributed by atoms with van der Waals surface area (Å²) in [6.45, 7) is 0.338. The molecule has 1 N–H and O–H groups in total. The van der Waals surface area contributed by atoms with E-state index in [2.05, 4.69) is 5.32 Å². The number of cyclic esters (lactones) is 1. The monoisotopic (exact) mass is 364 g/mol. The van der Waals surface area contributed by atoms with Gasteiger partial charge in [-0.1, -0.05) is 18.2 Å². The van der Waals surface area contributed by atoms with Crippen molar-refractivity contribution in [3.05, 3.63) is 65.7 Å². The molecule has 8 heteroatoms. The van der Waals surface area contributed by atoms with Crippen LogP contribution in [0.4, 0.5) is 23.7 Å². The fourth-order valence-electron chi connectivity index (χ4n) is 2.57. The van der Waals surface area contributed by atoms with Gasteiger partial charge in [-0.05, 0) is 36.4 Å². The lowest BCUT2D eigenvalue weighted by molar-refractivity contribution is -0.137. The van der Waals surface area contributed by atoms with Gasteiger partial charge in [0.2, 0.25) is 0 Å². The van der Waals surface area contributed by atoms with Crippen LogP contribution in [0.15, 0.2) is 54.6 Å². The maximum atomic E-state index is 12.5. The summed E-state index contributed by atoms with van der Waals surface area (Å²) < 4.78 is 42.8. The molecule has 3 rings (SSSR count). The molecule has 5 nitrogen and oxygen atoms in total. The second-order valence-corrected chi connectivity index (χ2v) is 5.74. The number of alkyl halides is 3. The van der Waals surface area contributed by atoms with Crippen LogP contribution in [-0.2, 0) is 10.9 Å². The van der Waals surface area contributed by atoms with E-state index in [9.17, 15) is 22.8 Å². The summed E-state index contributed by atoms with van der Waals surface area (Å²) in [5.41, 5.74) is -0.0337. The molecule has 2 aromatic carbocycles. The van der Waals surface area contributed by atoms with Gasteiger partial charge in [-0.15, -0.1) is 0 Å². The fourth-order valence-corrected chi connectivity index (χ4v) is 2.57. The maximum Gasteiger partial charge on any atom is 0.416 e. The van der Waals surface area contributed by atoms with Crippen LogP contribution in [0, 0.1) is 0 Å². The molecule has 0 aliphatic carbocycles. The highest BCUT2D eigenvalue weighted by atomic mass is 19.4. The van der Waals surface area contributed by atoms with Crippen molar-refractivity contribution < 1.29 is 27.5 Å². The van der Waals surface area contributed by atoms with Crippen LogP contribution >= 0.6 is 0 Å². The number of rotatable bonds is 4. The largest absolute Gasteiger partial charge is 0.442 e. The van der Waals surface area contributed by atoms with Crippen LogP contribution in [0.3, 0.4) is 0 Å². The van der Waals surface area contributed by atoms with E-state index in [1.165, 1.54) is 4.90 Å². The molecule has 1 unspecified atom stereocenters. The Hall–Kier alpha value is -3.03. The predicted molar refractivity (Wildman–Crippen MR) is 87.8 cm³/mol. The molecule has 0 spiro atoms. The van der Waals surface area contributed by atoms with E-state index in [-0.39, 0.29) is 18.7 Å². The number of ether oxygens (including phenoxy) is 1. The maximum absolute atomic E-state index is 12.5. The summed E-state index contributed by atoms with van der Waals surface area (Å²) in [4.78, 5) is 25.4. The van der Waals surface area contributed by atoms with Gasteiger partial charge in [-0.2, -0.15) is 13.2 Å². The Bertz CT molecular complexity index is 792. The molecule has 2 amide bonds. The zero-order chi connectivity index (χ0) is 18.7. The van der Waals surface area contributed by atoms with Gasteiger partial charge in [0.25, 0.3) is 5.91 Å². The highest BCUT2D eigenvalue weighted by molar-refractivity contribution is 5.94. The van der Waals surface area contributed by atoms with Crippen LogP contribution < -0.4 is 10.2 Å². The van der Waals surface area contributed by atoms with Gasteiger partial charge < -0.3 is 10.1 Å². The van der Waals surface area contributed by atoms with Gasteiger partial charge >= 0.3 is 12.3 Å². The SMILES string of the molecule is O=C(NCC1CN(c2ccccc2)C(=O)O1)c1ccc(C(F)(F)F)cc1. The minimum Gasteiger partial charge on any atom is -0.442 e. The van der Waals surface area contributed by atoms with Gasteiger partial charge in [0.15, 0.2) is 0 Å². The number of hydrogen-bond acceptors (Lipinski definition) is 3. The molecule has 1 saturated heterocycles. The van der Waals surface area contributed by atoms with Crippen molar-refractivity contribution in [2.24, 2.45) is 0 Å². The molecule has 0 aromatic heterocycles. The summed E-state index contributed by atoms with van der Waals surface area (Å²) >= 11 is 0. The molecule has 0 radical (unpaired) electrons. The van der Waals surface area contributed by atoms with Crippen LogP contribution in [0.25, 0.3) is 0 Å². The van der Waals surface area contributed by atoms with Gasteiger partial charge in [-0.25, -0.2) is 4.79 Å². The zero-order valence-electron chi connectivity index (χ0n) is 13.5. The van der Waals surface area contributed by atoms with Crippen molar-refractivity contribution in [3.8, 4) is 0 Å². The summed E-state index contributed by atoms with van der Waals surface area (Å²) in [6.07, 6.45) is -5.50. The van der Waals surface area contributed by atoms with Gasteiger partial charge in [0.05, 0.1) is 18.7 Å². The number of carbonyl (C=O) groups excluding carboxylic acids is 2. The van der Waals surface area contributed by atoms with E-state index >= 15 is 0 Å². The summed E-state index contributed by atoms with van der Waals surface area (Å²) in [5, 5.41) is 2.57. The Balaban J connectivity index is 1.56. The third kappa shape index (κ3) is 3.96. The summed E-state index contributed by atoms with van der Waals surface area (Å²) in [6, 6.07) is 12.9. The minimum absolute atomic E-state index is 0.0644. The highest BCUT2D eigenvalue weighted by Crippen LogP contribution is 2.29. The van der Waals surface area contributed by atoms with E-state index in [0.29, 0.717) is 5.69 Å². The summed E-state index contributed by atoms with van der Waals surface area (Å²) in [7, 11) is 0. The lowest BCUT2D eigenvalue weighted by Crippen LogP contribution is -2.34. The van der Waals surface area contributed by atoms with E-state index in [1.807, 2.05) is 6.07 Å². The zero-order valence-corrected chi connectivity index (χ0v) is 13.5. The summed E-state index contributed by atoms with van der Waals surface area (Å²) in [5.74, 6) is -0.534. The van der Waals surface area contributed by atoms with E-state index < -0.39 is 29.8 Å². The first-order valence-corrected chi connectivity index (χ1v) is 7.83. The lowest BCUT2D eigenvalue weighted by atomic mass is 10.1. The Kier molecular flexibility index (Phi) is 4.83. The number of nitrogens with zero attached hydrogens (tertiary/aromatic N) is 1. The Morgan fingerprint density at radius 1 is 1.12 bits per heavy atom. The van der Waals surface area contributed by atoms with Gasteiger partial charge in [0, 0.05) is 11.3 Å². The second-order valence-electron chi connectivity index (χ2n) is 5.74. The quantitative estimate of drug-likeness (QED) is 0.904. The van der Waals surface area contributed by atoms with Crippen molar-refractivity contribution in [1.29, 1.82) is 0 Å². The first-order chi connectivity index (χ1) is 12.3. The standard InChI is InChI=1S/C18H15F3N2O3/c19-18(20,21)13-8-6-12(7-9-13)16(24)22-10-15-11-23(17(25)26-15)14-4-2-1-3-5-14/h1-9,15H,10-11H2,(H,22,24). The smallest absolute Gasteiger partial charge is 0.416 e. The fraction of sp³-hybridized carbons (Fsp3) is 0.222.